The molecule has 1 aliphatic rings. The van der Waals surface area contributed by atoms with Gasteiger partial charge in [-0.25, -0.2) is 0 Å². The third-order valence-electron chi connectivity index (χ3n) is 3.92. The molecule has 0 bridgehead atoms. The topological polar surface area (TPSA) is 50.7 Å². The molecule has 17 heavy (non-hydrogen) atoms. The molecule has 1 atom stereocenters. The minimum Gasteiger partial charge on any atom is -0.396 e. The maximum absolute atomic E-state index is 9.60. The lowest BCUT2D eigenvalue weighted by Crippen LogP contribution is -2.47. The number of aliphatic hydroxyl groups is 1. The molecule has 1 aliphatic carbocycles. The Bertz CT molecular complexity index is 201. The van der Waals surface area contributed by atoms with Crippen LogP contribution in [0, 0.1) is 5.41 Å². The highest BCUT2D eigenvalue weighted by Gasteiger charge is 2.32. The smallest absolute Gasteiger partial charge is 0.171 e. The fraction of sp³-hybridized carbons (Fsp3) is 1.00. The monoisotopic (exact) mass is 245 g/mol. The van der Waals surface area contributed by atoms with Crippen molar-refractivity contribution in [3.63, 3.8) is 0 Å². The summed E-state index contributed by atoms with van der Waals surface area (Å²) in [6.45, 7) is 3.16. The maximum Gasteiger partial charge on any atom is 0.171 e. The van der Waals surface area contributed by atoms with Gasteiger partial charge in [0.25, 0.3) is 0 Å². The van der Waals surface area contributed by atoms with E-state index < -0.39 is 0 Å². The van der Waals surface area contributed by atoms with Crippen LogP contribution in [0.15, 0.2) is 0 Å². The van der Waals surface area contributed by atoms with Crippen molar-refractivity contribution in [2.45, 2.75) is 51.4 Å². The molecule has 1 saturated carbocycles. The zero-order valence-electron chi connectivity index (χ0n) is 11.4. The molecule has 0 heterocycles. The molecule has 0 aromatic carbocycles. The van der Waals surface area contributed by atoms with Crippen molar-refractivity contribution in [1.82, 2.24) is 5.32 Å². The standard InChI is InChI=1S/C13H27NO3/c1-11(12(16-2)17-3)14-9-13(10-15)7-5-4-6-8-13/h11-12,14-15H,4-10H2,1-3H3. The van der Waals surface area contributed by atoms with Gasteiger partial charge < -0.3 is 19.9 Å². The fourth-order valence-corrected chi connectivity index (χ4v) is 2.67. The molecule has 2 N–H and O–H groups in total. The van der Waals surface area contributed by atoms with Gasteiger partial charge in [0.15, 0.2) is 6.29 Å². The van der Waals surface area contributed by atoms with Crippen LogP contribution in [0.4, 0.5) is 0 Å². The summed E-state index contributed by atoms with van der Waals surface area (Å²) in [5.74, 6) is 0. The predicted octanol–water partition coefficient (Wildman–Crippen LogP) is 1.53. The van der Waals surface area contributed by atoms with Crippen LogP contribution < -0.4 is 5.32 Å². The van der Waals surface area contributed by atoms with Crippen LogP contribution in [0.25, 0.3) is 0 Å². The van der Waals surface area contributed by atoms with Crippen molar-refractivity contribution in [3.05, 3.63) is 0 Å². The second-order valence-electron chi connectivity index (χ2n) is 5.23. The van der Waals surface area contributed by atoms with Gasteiger partial charge in [0.2, 0.25) is 0 Å². The van der Waals surface area contributed by atoms with Gasteiger partial charge >= 0.3 is 0 Å². The van der Waals surface area contributed by atoms with E-state index in [1.807, 2.05) is 6.92 Å². The van der Waals surface area contributed by atoms with Crippen molar-refractivity contribution in [3.8, 4) is 0 Å². The van der Waals surface area contributed by atoms with Gasteiger partial charge in [-0.3, -0.25) is 0 Å². The Morgan fingerprint density at radius 2 is 1.76 bits per heavy atom. The molecule has 0 spiro atoms. The average molecular weight is 245 g/mol. The van der Waals surface area contributed by atoms with Crippen LogP contribution in [0.1, 0.15) is 39.0 Å². The van der Waals surface area contributed by atoms with Crippen LogP contribution in [-0.2, 0) is 9.47 Å². The normalized spacial score (nSPS) is 21.7. The van der Waals surface area contributed by atoms with E-state index in [0.29, 0.717) is 0 Å². The molecule has 0 saturated heterocycles. The number of nitrogens with one attached hydrogen (secondary N) is 1. The molecule has 1 rings (SSSR count). The van der Waals surface area contributed by atoms with Gasteiger partial charge in [-0.2, -0.15) is 0 Å². The van der Waals surface area contributed by atoms with E-state index in [9.17, 15) is 5.11 Å². The molecule has 1 fully saturated rings. The molecule has 0 aromatic heterocycles. The third kappa shape index (κ3) is 4.21. The number of methoxy groups -OCH3 is 2. The molecule has 102 valence electrons. The van der Waals surface area contributed by atoms with Gasteiger partial charge in [-0.1, -0.05) is 19.3 Å². The molecular formula is C13H27NO3. The predicted molar refractivity (Wildman–Crippen MR) is 67.9 cm³/mol. The summed E-state index contributed by atoms with van der Waals surface area (Å²) < 4.78 is 10.4. The van der Waals surface area contributed by atoms with Gasteiger partial charge in [-0.05, 0) is 19.8 Å². The van der Waals surface area contributed by atoms with Crippen LogP contribution in [-0.4, -0.2) is 44.8 Å². The largest absolute Gasteiger partial charge is 0.396 e. The van der Waals surface area contributed by atoms with Gasteiger partial charge in [0.1, 0.15) is 0 Å². The highest BCUT2D eigenvalue weighted by atomic mass is 16.7. The Kier molecular flexibility index (Phi) is 6.41. The van der Waals surface area contributed by atoms with Gasteiger partial charge in [-0.15, -0.1) is 0 Å². The van der Waals surface area contributed by atoms with E-state index in [0.717, 1.165) is 19.4 Å². The quantitative estimate of drug-likeness (QED) is 0.668. The van der Waals surface area contributed by atoms with E-state index in [-0.39, 0.29) is 24.4 Å². The Labute approximate surface area is 105 Å². The van der Waals surface area contributed by atoms with Crippen molar-refractivity contribution in [1.29, 1.82) is 0 Å². The second-order valence-corrected chi connectivity index (χ2v) is 5.23. The Balaban J connectivity index is 2.41. The van der Waals surface area contributed by atoms with Gasteiger partial charge in [0.05, 0.1) is 6.04 Å². The number of hydrogen-bond acceptors (Lipinski definition) is 4. The van der Waals surface area contributed by atoms with Crippen LogP contribution in [0.5, 0.6) is 0 Å². The first-order valence-electron chi connectivity index (χ1n) is 6.57. The first-order chi connectivity index (χ1) is 8.17. The van der Waals surface area contributed by atoms with Crippen molar-refractivity contribution in [2.75, 3.05) is 27.4 Å². The Hall–Kier alpha value is -0.160. The summed E-state index contributed by atoms with van der Waals surface area (Å²) in [5, 5.41) is 13.0. The molecule has 0 aromatic rings. The summed E-state index contributed by atoms with van der Waals surface area (Å²) in [6.07, 6.45) is 5.77. The first-order valence-corrected chi connectivity index (χ1v) is 6.57. The molecule has 4 nitrogen and oxygen atoms in total. The number of aliphatic hydroxyl groups excluding tert-OH is 1. The van der Waals surface area contributed by atoms with Crippen LogP contribution in [0.2, 0.25) is 0 Å². The number of ether oxygens (including phenoxy) is 2. The zero-order valence-corrected chi connectivity index (χ0v) is 11.4. The molecule has 0 aliphatic heterocycles. The Morgan fingerprint density at radius 1 is 1.18 bits per heavy atom. The maximum atomic E-state index is 9.60. The molecule has 4 heteroatoms. The van der Waals surface area contributed by atoms with E-state index >= 15 is 0 Å². The van der Waals surface area contributed by atoms with E-state index in [1.54, 1.807) is 14.2 Å². The minimum absolute atomic E-state index is 0.0680. The van der Waals surface area contributed by atoms with Crippen LogP contribution >= 0.6 is 0 Å². The lowest BCUT2D eigenvalue weighted by molar-refractivity contribution is -0.121. The summed E-state index contributed by atoms with van der Waals surface area (Å²) >= 11 is 0. The first kappa shape index (κ1) is 14.9. The number of rotatable bonds is 7. The lowest BCUT2D eigenvalue weighted by Gasteiger charge is -2.37. The fourth-order valence-electron chi connectivity index (χ4n) is 2.67. The molecule has 1 unspecified atom stereocenters. The van der Waals surface area contributed by atoms with Crippen molar-refractivity contribution >= 4 is 0 Å². The summed E-state index contributed by atoms with van der Waals surface area (Å²) in [6, 6.07) is 0.135. The van der Waals surface area contributed by atoms with E-state index in [1.165, 1.54) is 19.3 Å². The zero-order chi connectivity index (χ0) is 12.7. The molecule has 0 amide bonds. The average Bonchev–Trinajstić information content (AvgIpc) is 2.39. The summed E-state index contributed by atoms with van der Waals surface area (Å²) in [4.78, 5) is 0. The van der Waals surface area contributed by atoms with Crippen molar-refractivity contribution < 1.29 is 14.6 Å². The molecular weight excluding hydrogens is 218 g/mol. The lowest BCUT2D eigenvalue weighted by atomic mass is 9.74. The van der Waals surface area contributed by atoms with E-state index in [4.69, 9.17) is 9.47 Å². The highest BCUT2D eigenvalue weighted by Crippen LogP contribution is 2.35. The second kappa shape index (κ2) is 7.31. The van der Waals surface area contributed by atoms with Crippen molar-refractivity contribution in [2.24, 2.45) is 5.41 Å². The highest BCUT2D eigenvalue weighted by molar-refractivity contribution is 4.85. The van der Waals surface area contributed by atoms with E-state index in [2.05, 4.69) is 5.32 Å². The third-order valence-corrected chi connectivity index (χ3v) is 3.92. The van der Waals surface area contributed by atoms with Crippen LogP contribution in [0.3, 0.4) is 0 Å². The minimum atomic E-state index is -0.227. The number of hydrogen-bond donors (Lipinski definition) is 2. The summed E-state index contributed by atoms with van der Waals surface area (Å²) in [5.41, 5.74) is 0.0680. The SMILES string of the molecule is COC(OC)C(C)NCC1(CO)CCCCC1. The molecule has 0 radical (unpaired) electrons. The summed E-state index contributed by atoms with van der Waals surface area (Å²) in [7, 11) is 3.30. The Morgan fingerprint density at radius 3 is 2.24 bits per heavy atom. The van der Waals surface area contributed by atoms with Gasteiger partial charge in [0, 0.05) is 32.8 Å².